The molecule has 2 fully saturated rings. The summed E-state index contributed by atoms with van der Waals surface area (Å²) in [6, 6.07) is 3.09. The quantitative estimate of drug-likeness (QED) is 0.381. The highest BCUT2D eigenvalue weighted by Crippen LogP contribution is 2.32. The number of benzene rings is 1. The molecule has 0 aliphatic carbocycles. The predicted molar refractivity (Wildman–Crippen MR) is 135 cm³/mol. The topological polar surface area (TPSA) is 133 Å². The minimum Gasteiger partial charge on any atom is -0.404 e. The summed E-state index contributed by atoms with van der Waals surface area (Å²) in [5.74, 6) is -2.07. The third-order valence-electron chi connectivity index (χ3n) is 6.01. The molecule has 4 N–H and O–H groups in total. The van der Waals surface area contributed by atoms with E-state index in [0.29, 0.717) is 39.4 Å². The molecule has 2 aliphatic rings. The number of rotatable bonds is 5. The van der Waals surface area contributed by atoms with Crippen LogP contribution in [0, 0.1) is 10.8 Å². The number of aliphatic imine (C=N–C) groups is 1. The molecule has 37 heavy (non-hydrogen) atoms. The lowest BCUT2D eigenvalue weighted by Gasteiger charge is -2.37. The number of anilines is 1. The van der Waals surface area contributed by atoms with Crippen molar-refractivity contribution in [2.45, 2.75) is 33.1 Å². The van der Waals surface area contributed by atoms with Crippen molar-refractivity contribution >= 4 is 39.6 Å². The van der Waals surface area contributed by atoms with Crippen molar-refractivity contribution in [1.29, 1.82) is 5.41 Å². The van der Waals surface area contributed by atoms with Crippen molar-refractivity contribution in [2.75, 3.05) is 51.3 Å². The molecular formula is C23H31F3N6O4S. The second kappa shape index (κ2) is 12.1. The maximum Gasteiger partial charge on any atom is 0.573 e. The number of ether oxygens (including phenoxy) is 2. The molecule has 2 amide bonds. The molecule has 0 bridgehead atoms. The van der Waals surface area contributed by atoms with E-state index in [2.05, 4.69) is 28.9 Å². The Kier molecular flexibility index (Phi) is 9.42. The number of thioether (sulfide) groups is 1. The van der Waals surface area contributed by atoms with Crippen LogP contribution in [-0.4, -0.2) is 84.2 Å². The summed E-state index contributed by atoms with van der Waals surface area (Å²) in [6.07, 6.45) is -3.17. The van der Waals surface area contributed by atoms with Gasteiger partial charge in [-0.1, -0.05) is 13.8 Å². The van der Waals surface area contributed by atoms with Crippen LogP contribution in [0.5, 0.6) is 5.75 Å². The monoisotopic (exact) mass is 544 g/mol. The highest BCUT2D eigenvalue weighted by atomic mass is 32.2. The average molecular weight is 545 g/mol. The molecule has 0 saturated carbocycles. The maximum atomic E-state index is 12.9. The summed E-state index contributed by atoms with van der Waals surface area (Å²) in [6.45, 7) is 7.56. The number of nitrogens with zero attached hydrogens (tertiary/aromatic N) is 3. The standard InChI is InChI=1S/C23H31F3N6O4S/c1-22(2)5-7-32(8-6-22)21(28)37-20(27)30-19(34)15-3-4-17(36-23(24,25)26)16(13-15)29-18(33)14-31-9-11-35-12-10-31/h3-4,13,28H,5-12,14H2,1-2H3,(H,29,33)(H2,27,30,34). The van der Waals surface area contributed by atoms with E-state index in [-0.39, 0.29) is 33.5 Å². The molecule has 2 saturated heterocycles. The molecule has 10 nitrogen and oxygen atoms in total. The third-order valence-corrected chi connectivity index (χ3v) is 6.77. The van der Waals surface area contributed by atoms with Crippen molar-refractivity contribution in [3.8, 4) is 5.75 Å². The molecule has 0 atom stereocenters. The first-order valence-corrected chi connectivity index (χ1v) is 12.5. The summed E-state index contributed by atoms with van der Waals surface area (Å²) >= 11 is 0.832. The van der Waals surface area contributed by atoms with Crippen LogP contribution in [0.2, 0.25) is 0 Å². The van der Waals surface area contributed by atoms with Crippen LogP contribution >= 0.6 is 11.8 Å². The molecule has 14 heteroatoms. The number of carbonyl (C=O) groups is 2. The Morgan fingerprint density at radius 3 is 2.49 bits per heavy atom. The van der Waals surface area contributed by atoms with Gasteiger partial charge in [0.15, 0.2) is 16.1 Å². The second-order valence-corrected chi connectivity index (χ2v) is 10.5. The average Bonchev–Trinajstić information content (AvgIpc) is 2.79. The van der Waals surface area contributed by atoms with E-state index in [0.717, 1.165) is 42.8 Å². The number of halogens is 3. The molecule has 2 heterocycles. The van der Waals surface area contributed by atoms with Gasteiger partial charge in [-0.15, -0.1) is 13.2 Å². The molecule has 0 spiro atoms. The molecular weight excluding hydrogens is 513 g/mol. The zero-order valence-corrected chi connectivity index (χ0v) is 21.5. The largest absolute Gasteiger partial charge is 0.573 e. The molecule has 2 aliphatic heterocycles. The van der Waals surface area contributed by atoms with Gasteiger partial charge < -0.3 is 25.4 Å². The lowest BCUT2D eigenvalue weighted by molar-refractivity contribution is -0.274. The van der Waals surface area contributed by atoms with E-state index in [1.807, 2.05) is 4.90 Å². The lowest BCUT2D eigenvalue weighted by atomic mass is 9.83. The number of carbonyl (C=O) groups excluding carboxylic acids is 2. The van der Waals surface area contributed by atoms with Crippen molar-refractivity contribution in [1.82, 2.24) is 9.80 Å². The van der Waals surface area contributed by atoms with Gasteiger partial charge in [-0.2, -0.15) is 4.99 Å². The normalized spacial score (nSPS) is 18.8. The molecule has 1 aromatic carbocycles. The van der Waals surface area contributed by atoms with Gasteiger partial charge >= 0.3 is 6.36 Å². The first-order chi connectivity index (χ1) is 17.3. The van der Waals surface area contributed by atoms with Crippen LogP contribution in [0.1, 0.15) is 37.0 Å². The third kappa shape index (κ3) is 9.20. The Morgan fingerprint density at radius 1 is 1.22 bits per heavy atom. The van der Waals surface area contributed by atoms with Crippen LogP contribution in [-0.2, 0) is 9.53 Å². The fraction of sp³-hybridized carbons (Fsp3) is 0.565. The number of amides is 2. The van der Waals surface area contributed by atoms with Crippen molar-refractivity contribution in [3.63, 3.8) is 0 Å². The van der Waals surface area contributed by atoms with Gasteiger partial charge in [-0.05, 0) is 48.2 Å². The maximum absolute atomic E-state index is 12.9. The van der Waals surface area contributed by atoms with E-state index in [1.54, 1.807) is 4.90 Å². The SMILES string of the molecule is CC1(C)CCN(C(=N)SC(N)=NC(=O)c2ccc(OC(F)(F)F)c(NC(=O)CN3CCOCC3)c2)CC1. The summed E-state index contributed by atoms with van der Waals surface area (Å²) in [5.41, 5.74) is 5.64. The molecule has 0 aromatic heterocycles. The highest BCUT2D eigenvalue weighted by Gasteiger charge is 2.33. The number of hydrogen-bond acceptors (Lipinski definition) is 7. The first-order valence-electron chi connectivity index (χ1n) is 11.7. The Labute approximate surface area is 217 Å². The molecule has 1 aromatic rings. The fourth-order valence-electron chi connectivity index (χ4n) is 3.79. The van der Waals surface area contributed by atoms with Crippen LogP contribution in [0.25, 0.3) is 0 Å². The number of likely N-dealkylation sites (tertiary alicyclic amines) is 1. The summed E-state index contributed by atoms with van der Waals surface area (Å²) in [7, 11) is 0. The van der Waals surface area contributed by atoms with Crippen LogP contribution in [0.15, 0.2) is 23.2 Å². The second-order valence-electron chi connectivity index (χ2n) is 9.51. The fourth-order valence-corrected chi connectivity index (χ4v) is 4.43. The van der Waals surface area contributed by atoms with Gasteiger partial charge in [0.1, 0.15) is 0 Å². The summed E-state index contributed by atoms with van der Waals surface area (Å²) in [5, 5.41) is 10.6. The first kappa shape index (κ1) is 28.7. The van der Waals surface area contributed by atoms with Gasteiger partial charge in [0.05, 0.1) is 25.4 Å². The van der Waals surface area contributed by atoms with E-state index in [4.69, 9.17) is 15.9 Å². The van der Waals surface area contributed by atoms with Crippen molar-refractivity contribution in [2.24, 2.45) is 16.1 Å². The zero-order valence-electron chi connectivity index (χ0n) is 20.7. The zero-order chi connectivity index (χ0) is 27.2. The van der Waals surface area contributed by atoms with Gasteiger partial charge in [0.25, 0.3) is 5.91 Å². The highest BCUT2D eigenvalue weighted by molar-refractivity contribution is 8.26. The van der Waals surface area contributed by atoms with E-state index < -0.39 is 23.9 Å². The lowest BCUT2D eigenvalue weighted by Crippen LogP contribution is -2.41. The molecule has 204 valence electrons. The smallest absolute Gasteiger partial charge is 0.404 e. The minimum atomic E-state index is -5.00. The van der Waals surface area contributed by atoms with Crippen LogP contribution < -0.4 is 15.8 Å². The number of amidine groups is 2. The molecule has 0 unspecified atom stereocenters. The van der Waals surface area contributed by atoms with E-state index in [9.17, 15) is 22.8 Å². The van der Waals surface area contributed by atoms with Crippen molar-refractivity contribution in [3.05, 3.63) is 23.8 Å². The molecule has 0 radical (unpaired) electrons. The number of morpholine rings is 1. The van der Waals surface area contributed by atoms with Gasteiger partial charge in [-0.25, -0.2) is 0 Å². The van der Waals surface area contributed by atoms with Gasteiger partial charge in [-0.3, -0.25) is 19.9 Å². The number of hydrogen-bond donors (Lipinski definition) is 3. The summed E-state index contributed by atoms with van der Waals surface area (Å²) in [4.78, 5) is 32.6. The molecule has 3 rings (SSSR count). The van der Waals surface area contributed by atoms with Gasteiger partial charge in [0.2, 0.25) is 5.91 Å². The van der Waals surface area contributed by atoms with Crippen LogP contribution in [0.4, 0.5) is 18.9 Å². The Bertz CT molecular complexity index is 1030. The predicted octanol–water partition coefficient (Wildman–Crippen LogP) is 3.10. The van der Waals surface area contributed by atoms with Gasteiger partial charge in [0, 0.05) is 31.7 Å². The Hall–Kier alpha value is -2.84. The number of alkyl halides is 3. The number of nitrogens with two attached hydrogens (primary N) is 1. The number of nitrogens with one attached hydrogen (secondary N) is 2. The Balaban J connectivity index is 1.69. The van der Waals surface area contributed by atoms with Crippen LogP contribution in [0.3, 0.4) is 0 Å². The summed E-state index contributed by atoms with van der Waals surface area (Å²) < 4.78 is 47.9. The van der Waals surface area contributed by atoms with E-state index in [1.165, 1.54) is 0 Å². The Morgan fingerprint density at radius 2 is 1.86 bits per heavy atom. The van der Waals surface area contributed by atoms with E-state index >= 15 is 0 Å². The van der Waals surface area contributed by atoms with Crippen molar-refractivity contribution < 1.29 is 32.2 Å². The number of piperidine rings is 1. The minimum absolute atomic E-state index is 0.0650.